The zero-order valence-electron chi connectivity index (χ0n) is 13.6. The highest BCUT2D eigenvalue weighted by Crippen LogP contribution is 2.40. The molecule has 0 radical (unpaired) electrons. The van der Waals surface area contributed by atoms with Crippen molar-refractivity contribution < 1.29 is 0 Å². The van der Waals surface area contributed by atoms with E-state index in [2.05, 4.69) is 50.1 Å². The fourth-order valence-corrected chi connectivity index (χ4v) is 3.92. The first-order valence-corrected chi connectivity index (χ1v) is 8.34. The number of rotatable bonds is 5. The molecule has 3 unspecified atom stereocenters. The van der Waals surface area contributed by atoms with Gasteiger partial charge in [0.2, 0.25) is 0 Å². The second kappa shape index (κ2) is 7.21. The van der Waals surface area contributed by atoms with Crippen molar-refractivity contribution in [1.29, 1.82) is 0 Å². The van der Waals surface area contributed by atoms with Crippen molar-refractivity contribution in [3.05, 3.63) is 29.1 Å². The molecule has 2 rings (SSSR count). The third kappa shape index (κ3) is 3.41. The van der Waals surface area contributed by atoms with E-state index in [1.165, 1.54) is 43.4 Å². The summed E-state index contributed by atoms with van der Waals surface area (Å²) in [5, 5.41) is 3.75. The Labute approximate surface area is 124 Å². The molecule has 0 amide bonds. The summed E-state index contributed by atoms with van der Waals surface area (Å²) in [6.45, 7) is 9.84. The van der Waals surface area contributed by atoms with E-state index in [-0.39, 0.29) is 0 Å². The molecular weight excluding hydrogens is 244 g/mol. The normalized spacial score (nSPS) is 24.6. The molecule has 1 saturated carbocycles. The second-order valence-electron chi connectivity index (χ2n) is 6.28. The Balaban J connectivity index is 2.29. The number of hydrogen-bond donors (Lipinski definition) is 1. The maximum atomic E-state index is 4.68. The quantitative estimate of drug-likeness (QED) is 0.851. The molecule has 0 aromatic carbocycles. The van der Waals surface area contributed by atoms with Crippen LogP contribution < -0.4 is 5.32 Å². The van der Waals surface area contributed by atoms with Crippen LogP contribution in [0.3, 0.4) is 0 Å². The molecule has 1 aliphatic carbocycles. The first-order valence-electron chi connectivity index (χ1n) is 8.34. The van der Waals surface area contributed by atoms with Crippen LogP contribution >= 0.6 is 0 Å². The van der Waals surface area contributed by atoms with Gasteiger partial charge in [0.05, 0.1) is 0 Å². The van der Waals surface area contributed by atoms with Crippen LogP contribution in [-0.4, -0.2) is 11.5 Å². The van der Waals surface area contributed by atoms with Gasteiger partial charge in [-0.2, -0.15) is 0 Å². The predicted molar refractivity (Wildman–Crippen MR) is 85.9 cm³/mol. The number of nitrogens with zero attached hydrogens (tertiary/aromatic N) is 1. The fraction of sp³-hybridized carbons (Fsp3) is 0.722. The molecule has 1 aromatic heterocycles. The summed E-state index contributed by atoms with van der Waals surface area (Å²) in [4.78, 5) is 4.68. The van der Waals surface area contributed by atoms with Gasteiger partial charge < -0.3 is 5.32 Å². The van der Waals surface area contributed by atoms with Crippen LogP contribution in [0.2, 0.25) is 0 Å². The first kappa shape index (κ1) is 15.5. The van der Waals surface area contributed by atoms with Gasteiger partial charge in [-0.25, -0.2) is 0 Å². The molecule has 0 saturated heterocycles. The van der Waals surface area contributed by atoms with Crippen molar-refractivity contribution in [2.75, 3.05) is 6.54 Å². The van der Waals surface area contributed by atoms with Gasteiger partial charge in [0.25, 0.3) is 0 Å². The Kier molecular flexibility index (Phi) is 5.59. The number of pyridine rings is 1. The van der Waals surface area contributed by atoms with Crippen molar-refractivity contribution in [1.82, 2.24) is 10.3 Å². The summed E-state index contributed by atoms with van der Waals surface area (Å²) >= 11 is 0. The van der Waals surface area contributed by atoms with Crippen molar-refractivity contribution in [3.63, 3.8) is 0 Å². The van der Waals surface area contributed by atoms with Gasteiger partial charge in [-0.05, 0) is 50.3 Å². The van der Waals surface area contributed by atoms with E-state index < -0.39 is 0 Å². The Morgan fingerprint density at radius 2 is 1.95 bits per heavy atom. The molecule has 112 valence electrons. The number of aryl methyl sites for hydroxylation is 2. The van der Waals surface area contributed by atoms with E-state index in [4.69, 9.17) is 0 Å². The minimum Gasteiger partial charge on any atom is -0.310 e. The average Bonchev–Trinajstić information content (AvgIpc) is 2.45. The van der Waals surface area contributed by atoms with Gasteiger partial charge in [0, 0.05) is 17.4 Å². The lowest BCUT2D eigenvalue weighted by Gasteiger charge is -2.38. The first-order chi connectivity index (χ1) is 9.67. The average molecular weight is 274 g/mol. The highest BCUT2D eigenvalue weighted by Gasteiger charge is 2.32. The molecule has 1 N–H and O–H groups in total. The summed E-state index contributed by atoms with van der Waals surface area (Å²) in [5.74, 6) is 1.64. The molecule has 0 bridgehead atoms. The Bertz CT molecular complexity index is 427. The Morgan fingerprint density at radius 3 is 2.60 bits per heavy atom. The lowest BCUT2D eigenvalue weighted by atomic mass is 9.72. The number of nitrogens with one attached hydrogen (secondary N) is 1. The molecule has 1 aromatic rings. The van der Waals surface area contributed by atoms with Gasteiger partial charge >= 0.3 is 0 Å². The van der Waals surface area contributed by atoms with Crippen LogP contribution in [0.4, 0.5) is 0 Å². The van der Waals surface area contributed by atoms with Gasteiger partial charge in [0.1, 0.15) is 0 Å². The molecule has 0 spiro atoms. The molecule has 0 aliphatic heterocycles. The zero-order valence-corrected chi connectivity index (χ0v) is 13.6. The molecule has 1 aliphatic rings. The van der Waals surface area contributed by atoms with Crippen molar-refractivity contribution in [2.24, 2.45) is 11.8 Å². The smallest absolute Gasteiger partial charge is 0.0423 e. The Hall–Kier alpha value is -0.890. The topological polar surface area (TPSA) is 24.9 Å². The molecule has 3 atom stereocenters. The minimum atomic E-state index is 0.485. The summed E-state index contributed by atoms with van der Waals surface area (Å²) in [6.07, 6.45) is 6.89. The Morgan fingerprint density at radius 1 is 1.20 bits per heavy atom. The van der Waals surface area contributed by atoms with Crippen molar-refractivity contribution >= 4 is 0 Å². The highest BCUT2D eigenvalue weighted by molar-refractivity contribution is 5.26. The monoisotopic (exact) mass is 274 g/mol. The van der Waals surface area contributed by atoms with Gasteiger partial charge in [-0.1, -0.05) is 45.6 Å². The van der Waals surface area contributed by atoms with Crippen LogP contribution in [0.15, 0.2) is 12.1 Å². The number of hydrogen-bond acceptors (Lipinski definition) is 2. The van der Waals surface area contributed by atoms with E-state index in [9.17, 15) is 0 Å². The third-order valence-corrected chi connectivity index (χ3v) is 4.95. The fourth-order valence-electron chi connectivity index (χ4n) is 3.92. The molecule has 1 heterocycles. The van der Waals surface area contributed by atoms with Crippen molar-refractivity contribution in [2.45, 2.75) is 65.8 Å². The minimum absolute atomic E-state index is 0.485. The summed E-state index contributed by atoms with van der Waals surface area (Å²) in [7, 11) is 0. The van der Waals surface area contributed by atoms with Crippen LogP contribution in [-0.2, 0) is 0 Å². The van der Waals surface area contributed by atoms with Gasteiger partial charge in [-0.15, -0.1) is 0 Å². The molecule has 2 heteroatoms. The zero-order chi connectivity index (χ0) is 14.5. The van der Waals surface area contributed by atoms with E-state index >= 15 is 0 Å². The summed E-state index contributed by atoms with van der Waals surface area (Å²) in [5.41, 5.74) is 3.75. The number of aromatic nitrogens is 1. The largest absolute Gasteiger partial charge is 0.310 e. The summed E-state index contributed by atoms with van der Waals surface area (Å²) in [6, 6.07) is 4.95. The second-order valence-corrected chi connectivity index (χ2v) is 6.28. The predicted octanol–water partition coefficient (Wildman–Crippen LogP) is 4.57. The van der Waals surface area contributed by atoms with Crippen LogP contribution in [0, 0.1) is 25.7 Å². The van der Waals surface area contributed by atoms with Crippen LogP contribution in [0.1, 0.15) is 68.9 Å². The SMILES string of the molecule is CCNC(c1ccc(C)nc1C)C1CCCCC1CC. The maximum Gasteiger partial charge on any atom is 0.0423 e. The van der Waals surface area contributed by atoms with Crippen molar-refractivity contribution in [3.8, 4) is 0 Å². The third-order valence-electron chi connectivity index (χ3n) is 4.95. The molecule has 20 heavy (non-hydrogen) atoms. The van der Waals surface area contributed by atoms with E-state index in [0.29, 0.717) is 6.04 Å². The maximum absolute atomic E-state index is 4.68. The van der Waals surface area contributed by atoms with Gasteiger partial charge in [0.15, 0.2) is 0 Å². The van der Waals surface area contributed by atoms with E-state index in [0.717, 1.165) is 24.1 Å². The van der Waals surface area contributed by atoms with E-state index in [1.54, 1.807) is 0 Å². The lowest BCUT2D eigenvalue weighted by molar-refractivity contribution is 0.176. The van der Waals surface area contributed by atoms with Crippen LogP contribution in [0.25, 0.3) is 0 Å². The highest BCUT2D eigenvalue weighted by atomic mass is 14.9. The van der Waals surface area contributed by atoms with Gasteiger partial charge in [-0.3, -0.25) is 4.98 Å². The molecule has 1 fully saturated rings. The summed E-state index contributed by atoms with van der Waals surface area (Å²) < 4.78 is 0. The van der Waals surface area contributed by atoms with Crippen LogP contribution in [0.5, 0.6) is 0 Å². The van der Waals surface area contributed by atoms with E-state index in [1.807, 2.05) is 0 Å². The standard InChI is InChI=1S/C18H30N2/c1-5-15-9-7-8-10-17(15)18(19-6-2)16-12-11-13(3)20-14(16)4/h11-12,15,17-19H,5-10H2,1-4H3. The molecular formula is C18H30N2. The lowest BCUT2D eigenvalue weighted by Crippen LogP contribution is -2.35. The molecule has 2 nitrogen and oxygen atoms in total.